The monoisotopic (exact) mass is 554 g/mol. The van der Waals surface area contributed by atoms with Crippen LogP contribution in [0.5, 0.6) is 0 Å². The van der Waals surface area contributed by atoms with Crippen molar-refractivity contribution in [3.8, 4) is 0 Å². The summed E-state index contributed by atoms with van der Waals surface area (Å²) in [6.07, 6.45) is 26.2. The van der Waals surface area contributed by atoms with Gasteiger partial charge < -0.3 is 15.0 Å². The Morgan fingerprint density at radius 2 is 1.29 bits per heavy atom. The lowest BCUT2D eigenvalue weighted by atomic mass is 10.1. The van der Waals surface area contributed by atoms with Crippen molar-refractivity contribution >= 4 is 23.0 Å². The van der Waals surface area contributed by atoms with Gasteiger partial charge in [-0.15, -0.1) is 0 Å². The first kappa shape index (κ1) is 37.0. The first-order valence-electron chi connectivity index (χ1n) is 15.9. The van der Waals surface area contributed by atoms with Crippen LogP contribution in [0.3, 0.4) is 0 Å². The Balaban J connectivity index is 4.01. The molecule has 0 radical (unpaired) electrons. The number of rotatable bonds is 27. The number of thioether (sulfide) groups is 1. The fraction of sp³-hybridized carbons (Fsp3) is 0.875. The summed E-state index contributed by atoms with van der Waals surface area (Å²) in [5.41, 5.74) is 0. The van der Waals surface area contributed by atoms with Gasteiger partial charge in [0, 0.05) is 31.3 Å². The Hall–Kier alpha value is -1.01. The van der Waals surface area contributed by atoms with Crippen LogP contribution in [0.2, 0.25) is 0 Å². The van der Waals surface area contributed by atoms with E-state index in [1.54, 1.807) is 0 Å². The van der Waals surface area contributed by atoms with Gasteiger partial charge in [0.25, 0.3) is 5.24 Å². The van der Waals surface area contributed by atoms with Crippen LogP contribution in [0.25, 0.3) is 0 Å². The summed E-state index contributed by atoms with van der Waals surface area (Å²) in [6.45, 7) is 8.73. The number of esters is 1. The fourth-order valence-electron chi connectivity index (χ4n) is 4.29. The van der Waals surface area contributed by atoms with E-state index < -0.39 is 0 Å². The van der Waals surface area contributed by atoms with Crippen LogP contribution in [0.15, 0.2) is 12.2 Å². The molecule has 0 aliphatic heterocycles. The highest BCUT2D eigenvalue weighted by Crippen LogP contribution is 2.15. The lowest BCUT2D eigenvalue weighted by Gasteiger charge is -2.23. The number of nitrogens with zero attached hydrogens (tertiary/aromatic N) is 1. The average molecular weight is 555 g/mol. The summed E-state index contributed by atoms with van der Waals surface area (Å²) >= 11 is 1.45. The molecule has 0 fully saturated rings. The largest absolute Gasteiger partial charge is 0.461 e. The fourth-order valence-corrected chi connectivity index (χ4v) is 5.22. The SMILES string of the molecule is CCCCCC/C=C\COC(=O)CCCCCCCN(CCCCCCCCCC)C(=O)SCC(C)NC. The minimum Gasteiger partial charge on any atom is -0.461 e. The molecule has 0 heterocycles. The Labute approximate surface area is 240 Å². The van der Waals surface area contributed by atoms with Gasteiger partial charge in [0.05, 0.1) is 0 Å². The van der Waals surface area contributed by atoms with E-state index in [2.05, 4.69) is 37.1 Å². The molecule has 0 aliphatic rings. The molecule has 1 atom stereocenters. The van der Waals surface area contributed by atoms with E-state index >= 15 is 0 Å². The molecule has 0 aromatic rings. The Kier molecular flexibility index (Phi) is 28.2. The van der Waals surface area contributed by atoms with E-state index in [1.807, 2.05) is 13.1 Å². The molecule has 0 bridgehead atoms. The lowest BCUT2D eigenvalue weighted by molar-refractivity contribution is -0.142. The van der Waals surface area contributed by atoms with E-state index in [1.165, 1.54) is 82.4 Å². The number of carbonyl (C=O) groups is 2. The van der Waals surface area contributed by atoms with Crippen LogP contribution < -0.4 is 5.32 Å². The highest BCUT2D eigenvalue weighted by Gasteiger charge is 2.15. The topological polar surface area (TPSA) is 58.6 Å². The maximum Gasteiger partial charge on any atom is 0.306 e. The molecule has 1 amide bonds. The minimum absolute atomic E-state index is 0.0874. The molecular weight excluding hydrogens is 492 g/mol. The molecule has 0 saturated heterocycles. The number of allylic oxidation sites excluding steroid dienone is 1. The maximum absolute atomic E-state index is 12.8. The van der Waals surface area contributed by atoms with Crippen molar-refractivity contribution in [3.05, 3.63) is 12.2 Å². The summed E-state index contributed by atoms with van der Waals surface area (Å²) in [6, 6.07) is 0.340. The number of hydrogen-bond donors (Lipinski definition) is 1. The number of nitrogens with one attached hydrogen (secondary N) is 1. The van der Waals surface area contributed by atoms with Crippen molar-refractivity contribution in [3.63, 3.8) is 0 Å². The molecule has 0 saturated carbocycles. The van der Waals surface area contributed by atoms with Crippen molar-refractivity contribution < 1.29 is 14.3 Å². The first-order chi connectivity index (χ1) is 18.5. The molecule has 0 rings (SSSR count). The summed E-state index contributed by atoms with van der Waals surface area (Å²) in [5.74, 6) is 0.726. The van der Waals surface area contributed by atoms with E-state index in [9.17, 15) is 9.59 Å². The Bertz CT molecular complexity index is 571. The molecular formula is C32H62N2O3S. The van der Waals surface area contributed by atoms with Crippen molar-refractivity contribution in [2.24, 2.45) is 0 Å². The molecule has 38 heavy (non-hydrogen) atoms. The zero-order valence-electron chi connectivity index (χ0n) is 25.6. The number of ether oxygens (including phenoxy) is 1. The van der Waals surface area contributed by atoms with Crippen molar-refractivity contribution in [2.45, 2.75) is 149 Å². The number of hydrogen-bond acceptors (Lipinski definition) is 5. The average Bonchev–Trinajstić information content (AvgIpc) is 2.92. The van der Waals surface area contributed by atoms with Gasteiger partial charge in [-0.05, 0) is 46.1 Å². The zero-order chi connectivity index (χ0) is 28.1. The van der Waals surface area contributed by atoms with Crippen molar-refractivity contribution in [2.75, 3.05) is 32.5 Å². The van der Waals surface area contributed by atoms with Crippen LogP contribution >= 0.6 is 11.8 Å². The molecule has 224 valence electrons. The second-order valence-electron chi connectivity index (χ2n) is 10.8. The van der Waals surface area contributed by atoms with Crippen LogP contribution in [0, 0.1) is 0 Å². The smallest absolute Gasteiger partial charge is 0.306 e. The standard InChI is InChI=1S/C32H62N2O3S/c1-5-7-9-11-13-14-18-22-26-34(32(36)38-29-30(3)33-4)27-23-19-16-17-21-25-31(35)37-28-24-20-15-12-10-8-6-2/h20,24,30,33H,5-19,21-23,25-29H2,1-4H3/b24-20-. The first-order valence-corrected chi connectivity index (χ1v) is 16.9. The number of unbranched alkanes of at least 4 members (excludes halogenated alkanes) is 15. The van der Waals surface area contributed by atoms with Gasteiger partial charge in [0.15, 0.2) is 0 Å². The Morgan fingerprint density at radius 3 is 1.87 bits per heavy atom. The molecule has 0 aliphatic carbocycles. The minimum atomic E-state index is -0.0874. The van der Waals surface area contributed by atoms with Gasteiger partial charge in [-0.3, -0.25) is 9.59 Å². The summed E-state index contributed by atoms with van der Waals surface area (Å²) in [7, 11) is 1.95. The van der Waals surface area contributed by atoms with Crippen molar-refractivity contribution in [1.29, 1.82) is 0 Å². The van der Waals surface area contributed by atoms with E-state index in [0.717, 1.165) is 63.8 Å². The van der Waals surface area contributed by atoms with Crippen LogP contribution in [0.4, 0.5) is 4.79 Å². The van der Waals surface area contributed by atoms with Gasteiger partial charge in [0.1, 0.15) is 6.61 Å². The molecule has 5 nitrogen and oxygen atoms in total. The molecule has 0 spiro atoms. The third-order valence-electron chi connectivity index (χ3n) is 7.03. The number of amides is 1. The molecule has 0 aromatic carbocycles. The normalized spacial score (nSPS) is 12.2. The molecule has 0 aromatic heterocycles. The molecule has 1 unspecified atom stereocenters. The molecule has 1 N–H and O–H groups in total. The molecule has 6 heteroatoms. The highest BCUT2D eigenvalue weighted by molar-refractivity contribution is 8.13. The predicted molar refractivity (Wildman–Crippen MR) is 167 cm³/mol. The Morgan fingerprint density at radius 1 is 0.763 bits per heavy atom. The number of carbonyl (C=O) groups excluding carboxylic acids is 2. The van der Waals surface area contributed by atoms with Crippen molar-refractivity contribution in [1.82, 2.24) is 10.2 Å². The van der Waals surface area contributed by atoms with Crippen LogP contribution in [-0.4, -0.2) is 54.6 Å². The third-order valence-corrected chi connectivity index (χ3v) is 8.20. The van der Waals surface area contributed by atoms with Gasteiger partial charge in [-0.1, -0.05) is 121 Å². The lowest BCUT2D eigenvalue weighted by Crippen LogP contribution is -2.32. The van der Waals surface area contributed by atoms with Gasteiger partial charge in [0.2, 0.25) is 0 Å². The second kappa shape index (κ2) is 29.0. The third kappa shape index (κ3) is 25.3. The van der Waals surface area contributed by atoms with Crippen LogP contribution in [-0.2, 0) is 9.53 Å². The van der Waals surface area contributed by atoms with E-state index in [-0.39, 0.29) is 11.2 Å². The van der Waals surface area contributed by atoms with Gasteiger partial charge >= 0.3 is 5.97 Å². The van der Waals surface area contributed by atoms with Gasteiger partial charge in [-0.2, -0.15) is 0 Å². The van der Waals surface area contributed by atoms with E-state index in [0.29, 0.717) is 19.1 Å². The predicted octanol–water partition coefficient (Wildman–Crippen LogP) is 9.30. The van der Waals surface area contributed by atoms with Crippen LogP contribution in [0.1, 0.15) is 143 Å². The second-order valence-corrected chi connectivity index (χ2v) is 11.7. The summed E-state index contributed by atoms with van der Waals surface area (Å²) in [4.78, 5) is 26.8. The van der Waals surface area contributed by atoms with E-state index in [4.69, 9.17) is 4.74 Å². The van der Waals surface area contributed by atoms with Gasteiger partial charge in [-0.25, -0.2) is 0 Å². The zero-order valence-corrected chi connectivity index (χ0v) is 26.4. The maximum atomic E-state index is 12.8. The quantitative estimate of drug-likeness (QED) is 0.0623. The highest BCUT2D eigenvalue weighted by atomic mass is 32.2. The summed E-state index contributed by atoms with van der Waals surface area (Å²) < 4.78 is 5.31. The summed E-state index contributed by atoms with van der Waals surface area (Å²) in [5, 5.41) is 3.45.